The molecule has 2 rings (SSSR count). The molecule has 0 heterocycles. The molecule has 1 unspecified atom stereocenters. The normalized spacial score (nSPS) is 11.7. The van der Waals surface area contributed by atoms with Crippen LogP contribution in [0.1, 0.15) is 19.4 Å². The van der Waals surface area contributed by atoms with Crippen molar-refractivity contribution >= 4 is 11.6 Å². The maximum Gasteiger partial charge on any atom is 0.127 e. The van der Waals surface area contributed by atoms with Crippen molar-refractivity contribution in [3.05, 3.63) is 59.1 Å². The molecule has 0 aliphatic rings. The zero-order valence-electron chi connectivity index (χ0n) is 12.0. The van der Waals surface area contributed by atoms with Gasteiger partial charge in [0.2, 0.25) is 0 Å². The highest BCUT2D eigenvalue weighted by Gasteiger charge is 2.03. The molecular weight excluding hydrogens is 284 g/mol. The standard InChI is InChI=1S/C18H17ClO2/c1-13(2)18(20)12-5-14-3-8-16(9-4-14)21-17-10-6-15(19)7-11-17/h3-4,6-11,13,18,20H,1-2H3. The molecule has 0 fully saturated rings. The van der Waals surface area contributed by atoms with Gasteiger partial charge in [-0.05, 0) is 54.4 Å². The predicted molar refractivity (Wildman–Crippen MR) is 85.7 cm³/mol. The van der Waals surface area contributed by atoms with Crippen molar-refractivity contribution in [3.8, 4) is 23.3 Å². The fourth-order valence-electron chi connectivity index (χ4n) is 1.57. The monoisotopic (exact) mass is 300 g/mol. The summed E-state index contributed by atoms with van der Waals surface area (Å²) >= 11 is 5.83. The maximum absolute atomic E-state index is 9.65. The molecule has 0 radical (unpaired) electrons. The van der Waals surface area contributed by atoms with E-state index in [2.05, 4.69) is 11.8 Å². The summed E-state index contributed by atoms with van der Waals surface area (Å²) < 4.78 is 5.70. The third-order valence-corrected chi connectivity index (χ3v) is 3.15. The summed E-state index contributed by atoms with van der Waals surface area (Å²) in [6, 6.07) is 14.6. The highest BCUT2D eigenvalue weighted by Crippen LogP contribution is 2.23. The number of hydrogen-bond donors (Lipinski definition) is 1. The summed E-state index contributed by atoms with van der Waals surface area (Å²) in [5, 5.41) is 10.3. The van der Waals surface area contributed by atoms with Gasteiger partial charge < -0.3 is 9.84 Å². The summed E-state index contributed by atoms with van der Waals surface area (Å²) in [6.07, 6.45) is -0.602. The largest absolute Gasteiger partial charge is 0.457 e. The number of aliphatic hydroxyl groups is 1. The number of hydrogen-bond acceptors (Lipinski definition) is 2. The van der Waals surface area contributed by atoms with Gasteiger partial charge in [-0.3, -0.25) is 0 Å². The minimum absolute atomic E-state index is 0.130. The molecule has 0 aromatic heterocycles. The summed E-state index contributed by atoms with van der Waals surface area (Å²) in [5.74, 6) is 7.36. The molecule has 1 N–H and O–H groups in total. The van der Waals surface area contributed by atoms with Crippen molar-refractivity contribution in [2.75, 3.05) is 0 Å². The van der Waals surface area contributed by atoms with Gasteiger partial charge in [0.05, 0.1) is 0 Å². The zero-order valence-corrected chi connectivity index (χ0v) is 12.8. The van der Waals surface area contributed by atoms with E-state index in [4.69, 9.17) is 16.3 Å². The lowest BCUT2D eigenvalue weighted by molar-refractivity contribution is 0.181. The Morgan fingerprint density at radius 1 is 0.952 bits per heavy atom. The van der Waals surface area contributed by atoms with Crippen molar-refractivity contribution in [1.82, 2.24) is 0 Å². The Hall–Kier alpha value is -1.95. The molecule has 1 atom stereocenters. The fraction of sp³-hybridized carbons (Fsp3) is 0.222. The Bertz CT molecular complexity index is 634. The smallest absolute Gasteiger partial charge is 0.127 e. The predicted octanol–water partition coefficient (Wildman–Crippen LogP) is 4.50. The highest BCUT2D eigenvalue weighted by molar-refractivity contribution is 6.30. The van der Waals surface area contributed by atoms with Crippen LogP contribution < -0.4 is 4.74 Å². The Morgan fingerprint density at radius 2 is 1.48 bits per heavy atom. The summed E-state index contributed by atoms with van der Waals surface area (Å²) in [7, 11) is 0. The Labute approximate surface area is 130 Å². The van der Waals surface area contributed by atoms with Crippen molar-refractivity contribution in [2.45, 2.75) is 20.0 Å². The molecule has 3 heteroatoms. The van der Waals surface area contributed by atoms with Crippen molar-refractivity contribution in [3.63, 3.8) is 0 Å². The van der Waals surface area contributed by atoms with Gasteiger partial charge in [0.1, 0.15) is 17.6 Å². The first kappa shape index (κ1) is 15.4. The molecule has 2 aromatic rings. The third-order valence-electron chi connectivity index (χ3n) is 2.90. The van der Waals surface area contributed by atoms with Crippen LogP contribution in [0, 0.1) is 17.8 Å². The minimum atomic E-state index is -0.602. The van der Waals surface area contributed by atoms with Crippen LogP contribution in [0.15, 0.2) is 48.5 Å². The number of aliphatic hydroxyl groups excluding tert-OH is 1. The highest BCUT2D eigenvalue weighted by atomic mass is 35.5. The molecule has 2 aromatic carbocycles. The van der Waals surface area contributed by atoms with Gasteiger partial charge >= 0.3 is 0 Å². The Morgan fingerprint density at radius 3 is 2.00 bits per heavy atom. The second kappa shape index (κ2) is 7.17. The van der Waals surface area contributed by atoms with Crippen molar-refractivity contribution < 1.29 is 9.84 Å². The molecule has 0 amide bonds. The molecule has 21 heavy (non-hydrogen) atoms. The third kappa shape index (κ3) is 4.82. The molecule has 0 aliphatic carbocycles. The van der Waals surface area contributed by atoms with Gasteiger partial charge in [-0.15, -0.1) is 0 Å². The van der Waals surface area contributed by atoms with Crippen LogP contribution in [0.3, 0.4) is 0 Å². The Balaban J connectivity index is 2.03. The molecule has 2 nitrogen and oxygen atoms in total. The zero-order chi connectivity index (χ0) is 15.2. The average molecular weight is 301 g/mol. The second-order valence-electron chi connectivity index (χ2n) is 5.04. The van der Waals surface area contributed by atoms with E-state index in [9.17, 15) is 5.11 Å². The van der Waals surface area contributed by atoms with Gasteiger partial charge in [-0.2, -0.15) is 0 Å². The number of rotatable bonds is 3. The fourth-order valence-corrected chi connectivity index (χ4v) is 1.69. The quantitative estimate of drug-likeness (QED) is 0.846. The molecule has 0 spiro atoms. The average Bonchev–Trinajstić information content (AvgIpc) is 2.48. The van der Waals surface area contributed by atoms with E-state index in [1.54, 1.807) is 12.1 Å². The lowest BCUT2D eigenvalue weighted by Crippen LogP contribution is -2.11. The second-order valence-corrected chi connectivity index (χ2v) is 5.47. The van der Waals surface area contributed by atoms with E-state index in [-0.39, 0.29) is 5.92 Å². The number of ether oxygens (including phenoxy) is 1. The van der Waals surface area contributed by atoms with Gasteiger partial charge in [-0.1, -0.05) is 37.3 Å². The SMILES string of the molecule is CC(C)C(O)C#Cc1ccc(Oc2ccc(Cl)cc2)cc1. The topological polar surface area (TPSA) is 29.5 Å². The van der Waals surface area contributed by atoms with Crippen LogP contribution in [0.2, 0.25) is 5.02 Å². The van der Waals surface area contributed by atoms with E-state index in [0.29, 0.717) is 5.02 Å². The summed E-state index contributed by atoms with van der Waals surface area (Å²) in [5.41, 5.74) is 0.846. The first-order chi connectivity index (χ1) is 10.0. The lowest BCUT2D eigenvalue weighted by atomic mass is 10.1. The maximum atomic E-state index is 9.65. The molecule has 108 valence electrons. The summed E-state index contributed by atoms with van der Waals surface area (Å²) in [6.45, 7) is 3.87. The summed E-state index contributed by atoms with van der Waals surface area (Å²) in [4.78, 5) is 0. The van der Waals surface area contributed by atoms with E-state index >= 15 is 0 Å². The van der Waals surface area contributed by atoms with Crippen molar-refractivity contribution in [1.29, 1.82) is 0 Å². The van der Waals surface area contributed by atoms with Gasteiger partial charge in [0.25, 0.3) is 0 Å². The van der Waals surface area contributed by atoms with Crippen LogP contribution in [0.5, 0.6) is 11.5 Å². The first-order valence-corrected chi connectivity index (χ1v) is 7.15. The van der Waals surface area contributed by atoms with Gasteiger partial charge in [0, 0.05) is 10.6 Å². The molecule has 0 saturated carbocycles. The van der Waals surface area contributed by atoms with Crippen LogP contribution in [-0.4, -0.2) is 11.2 Å². The van der Waals surface area contributed by atoms with Crippen LogP contribution in [0.25, 0.3) is 0 Å². The Kier molecular flexibility index (Phi) is 5.27. The van der Waals surface area contributed by atoms with Crippen LogP contribution in [-0.2, 0) is 0 Å². The first-order valence-electron chi connectivity index (χ1n) is 6.77. The lowest BCUT2D eigenvalue weighted by Gasteiger charge is -2.06. The van der Waals surface area contributed by atoms with E-state index in [1.165, 1.54) is 0 Å². The van der Waals surface area contributed by atoms with E-state index < -0.39 is 6.10 Å². The number of halogens is 1. The van der Waals surface area contributed by atoms with Gasteiger partial charge in [0.15, 0.2) is 0 Å². The van der Waals surface area contributed by atoms with Crippen LogP contribution in [0.4, 0.5) is 0 Å². The number of benzene rings is 2. The van der Waals surface area contributed by atoms with E-state index in [1.807, 2.05) is 50.2 Å². The minimum Gasteiger partial charge on any atom is -0.457 e. The van der Waals surface area contributed by atoms with Gasteiger partial charge in [-0.25, -0.2) is 0 Å². The molecule has 0 saturated heterocycles. The van der Waals surface area contributed by atoms with Crippen LogP contribution >= 0.6 is 11.6 Å². The van der Waals surface area contributed by atoms with E-state index in [0.717, 1.165) is 17.1 Å². The molecular formula is C18H17ClO2. The van der Waals surface area contributed by atoms with Crippen molar-refractivity contribution in [2.24, 2.45) is 5.92 Å². The molecule has 0 bridgehead atoms. The molecule has 0 aliphatic heterocycles.